The second-order valence-corrected chi connectivity index (χ2v) is 4.63. The predicted molar refractivity (Wildman–Crippen MR) is 60.4 cm³/mol. The van der Waals surface area contributed by atoms with E-state index >= 15 is 0 Å². The minimum absolute atomic E-state index is 0.447. The van der Waals surface area contributed by atoms with E-state index in [0.29, 0.717) is 0 Å². The second-order valence-electron chi connectivity index (χ2n) is 4.63. The van der Waals surface area contributed by atoms with Crippen LogP contribution >= 0.6 is 0 Å². The Labute approximate surface area is 88.3 Å². The van der Waals surface area contributed by atoms with Crippen LogP contribution in [0.5, 0.6) is 0 Å². The summed E-state index contributed by atoms with van der Waals surface area (Å²) in [5.74, 6) is 0. The van der Waals surface area contributed by atoms with Crippen molar-refractivity contribution >= 4 is 0 Å². The molecule has 0 bridgehead atoms. The Morgan fingerprint density at radius 2 is 1.79 bits per heavy atom. The fourth-order valence-corrected chi connectivity index (χ4v) is 1.97. The summed E-state index contributed by atoms with van der Waals surface area (Å²) in [5.41, 5.74) is -0.447. The van der Waals surface area contributed by atoms with E-state index in [0.717, 1.165) is 32.0 Å². The minimum Gasteiger partial charge on any atom is -0.389 e. The molecule has 0 aromatic carbocycles. The Morgan fingerprint density at radius 1 is 1.21 bits per heavy atom. The van der Waals surface area contributed by atoms with Crippen LogP contribution in [-0.2, 0) is 0 Å². The van der Waals surface area contributed by atoms with Gasteiger partial charge in [0.05, 0.1) is 5.60 Å². The highest BCUT2D eigenvalue weighted by Gasteiger charge is 2.33. The highest BCUT2D eigenvalue weighted by molar-refractivity contribution is 4.89. The lowest BCUT2D eigenvalue weighted by Gasteiger charge is -2.33. The Kier molecular flexibility index (Phi) is 4.39. The topological polar surface area (TPSA) is 23.5 Å². The van der Waals surface area contributed by atoms with Crippen LogP contribution in [0.25, 0.3) is 0 Å². The van der Waals surface area contributed by atoms with Gasteiger partial charge >= 0.3 is 0 Å². The molecular weight excluding hydrogens is 174 g/mol. The van der Waals surface area contributed by atoms with E-state index < -0.39 is 5.60 Å². The molecule has 0 aliphatic heterocycles. The van der Waals surface area contributed by atoms with E-state index in [1.54, 1.807) is 0 Å². The van der Waals surface area contributed by atoms with Crippen molar-refractivity contribution in [2.75, 3.05) is 13.1 Å². The van der Waals surface area contributed by atoms with E-state index in [2.05, 4.69) is 25.7 Å². The van der Waals surface area contributed by atoms with Gasteiger partial charge in [-0.25, -0.2) is 0 Å². The molecule has 1 N–H and O–H groups in total. The summed E-state index contributed by atoms with van der Waals surface area (Å²) >= 11 is 0. The maximum atomic E-state index is 10.3. The Morgan fingerprint density at radius 3 is 2.14 bits per heavy atom. The van der Waals surface area contributed by atoms with E-state index in [9.17, 15) is 5.11 Å². The van der Waals surface area contributed by atoms with Gasteiger partial charge in [0.15, 0.2) is 0 Å². The van der Waals surface area contributed by atoms with Gasteiger partial charge in [-0.05, 0) is 38.6 Å². The maximum Gasteiger partial charge on any atom is 0.0769 e. The van der Waals surface area contributed by atoms with Crippen LogP contribution < -0.4 is 0 Å². The predicted octanol–water partition coefficient (Wildman–Crippen LogP) is 2.41. The molecule has 0 heterocycles. The number of nitrogens with zero attached hydrogens (tertiary/aromatic N) is 1. The molecular formula is C12H25NO. The second kappa shape index (κ2) is 5.13. The smallest absolute Gasteiger partial charge is 0.0769 e. The van der Waals surface area contributed by atoms with Crippen molar-refractivity contribution in [1.29, 1.82) is 0 Å². The molecule has 1 fully saturated rings. The van der Waals surface area contributed by atoms with Crippen molar-refractivity contribution in [3.8, 4) is 0 Å². The van der Waals surface area contributed by atoms with Crippen molar-refractivity contribution < 1.29 is 5.11 Å². The SMILES string of the molecule is CCCN(CC(O)(CC)CC)C1CC1. The van der Waals surface area contributed by atoms with Crippen molar-refractivity contribution in [1.82, 2.24) is 4.90 Å². The average Bonchev–Trinajstić information content (AvgIpc) is 3.00. The molecule has 1 aliphatic carbocycles. The summed E-state index contributed by atoms with van der Waals surface area (Å²) in [4.78, 5) is 2.48. The summed E-state index contributed by atoms with van der Waals surface area (Å²) in [5, 5.41) is 10.3. The van der Waals surface area contributed by atoms with Gasteiger partial charge < -0.3 is 5.11 Å². The zero-order chi connectivity index (χ0) is 10.6. The van der Waals surface area contributed by atoms with Gasteiger partial charge in [0, 0.05) is 12.6 Å². The normalized spacial score (nSPS) is 17.8. The Balaban J connectivity index is 2.43. The van der Waals surface area contributed by atoms with E-state index in [4.69, 9.17) is 0 Å². The Bertz CT molecular complexity index is 162. The lowest BCUT2D eigenvalue weighted by atomic mass is 9.96. The first-order valence-electron chi connectivity index (χ1n) is 6.11. The molecule has 14 heavy (non-hydrogen) atoms. The molecule has 84 valence electrons. The summed E-state index contributed by atoms with van der Waals surface area (Å²) in [6, 6.07) is 0.777. The van der Waals surface area contributed by atoms with Gasteiger partial charge in [-0.3, -0.25) is 4.90 Å². The highest BCUT2D eigenvalue weighted by atomic mass is 16.3. The fraction of sp³-hybridized carbons (Fsp3) is 1.00. The van der Waals surface area contributed by atoms with E-state index in [1.807, 2.05) is 0 Å². The molecule has 1 aliphatic rings. The maximum absolute atomic E-state index is 10.3. The van der Waals surface area contributed by atoms with Gasteiger partial charge in [0.1, 0.15) is 0 Å². The first-order valence-corrected chi connectivity index (χ1v) is 6.11. The molecule has 0 unspecified atom stereocenters. The molecule has 0 aromatic rings. The quantitative estimate of drug-likeness (QED) is 0.680. The molecule has 0 saturated heterocycles. The van der Waals surface area contributed by atoms with Gasteiger partial charge in [-0.15, -0.1) is 0 Å². The molecule has 2 nitrogen and oxygen atoms in total. The number of hydrogen-bond donors (Lipinski definition) is 1. The lowest BCUT2D eigenvalue weighted by molar-refractivity contribution is -0.00567. The monoisotopic (exact) mass is 199 g/mol. The standard InChI is InChI=1S/C12H25NO/c1-4-9-13(11-7-8-11)10-12(14,5-2)6-3/h11,14H,4-10H2,1-3H3. The van der Waals surface area contributed by atoms with E-state index in [-0.39, 0.29) is 0 Å². The van der Waals surface area contributed by atoms with Gasteiger partial charge in [-0.2, -0.15) is 0 Å². The minimum atomic E-state index is -0.447. The van der Waals surface area contributed by atoms with Gasteiger partial charge in [0.2, 0.25) is 0 Å². The molecule has 0 spiro atoms. The zero-order valence-electron chi connectivity index (χ0n) is 9.92. The van der Waals surface area contributed by atoms with Crippen molar-refractivity contribution in [2.24, 2.45) is 0 Å². The lowest BCUT2D eigenvalue weighted by Crippen LogP contribution is -2.43. The van der Waals surface area contributed by atoms with Gasteiger partial charge in [0.25, 0.3) is 0 Å². The van der Waals surface area contributed by atoms with Crippen LogP contribution in [0.2, 0.25) is 0 Å². The molecule has 0 radical (unpaired) electrons. The third kappa shape index (κ3) is 3.25. The first kappa shape index (κ1) is 12.0. The van der Waals surface area contributed by atoms with Crippen LogP contribution in [0, 0.1) is 0 Å². The van der Waals surface area contributed by atoms with E-state index in [1.165, 1.54) is 19.3 Å². The fourth-order valence-electron chi connectivity index (χ4n) is 1.97. The van der Waals surface area contributed by atoms with Crippen LogP contribution in [0.15, 0.2) is 0 Å². The highest BCUT2D eigenvalue weighted by Crippen LogP contribution is 2.29. The molecule has 0 amide bonds. The van der Waals surface area contributed by atoms with Crippen LogP contribution in [0.1, 0.15) is 52.9 Å². The van der Waals surface area contributed by atoms with Crippen molar-refractivity contribution in [3.05, 3.63) is 0 Å². The summed E-state index contributed by atoms with van der Waals surface area (Å²) in [7, 11) is 0. The largest absolute Gasteiger partial charge is 0.389 e. The van der Waals surface area contributed by atoms with Gasteiger partial charge in [-0.1, -0.05) is 20.8 Å². The number of rotatable bonds is 7. The molecule has 0 atom stereocenters. The molecule has 1 rings (SSSR count). The molecule has 2 heteroatoms. The number of hydrogen-bond acceptors (Lipinski definition) is 2. The summed E-state index contributed by atoms with van der Waals surface area (Å²) < 4.78 is 0. The van der Waals surface area contributed by atoms with Crippen LogP contribution in [-0.4, -0.2) is 34.7 Å². The van der Waals surface area contributed by atoms with Crippen molar-refractivity contribution in [3.63, 3.8) is 0 Å². The number of aliphatic hydroxyl groups is 1. The van der Waals surface area contributed by atoms with Crippen LogP contribution in [0.4, 0.5) is 0 Å². The third-order valence-electron chi connectivity index (χ3n) is 3.39. The van der Waals surface area contributed by atoms with Crippen molar-refractivity contribution in [2.45, 2.75) is 64.5 Å². The summed E-state index contributed by atoms with van der Waals surface area (Å²) in [6.07, 6.45) is 5.61. The third-order valence-corrected chi connectivity index (χ3v) is 3.39. The molecule has 0 aromatic heterocycles. The summed E-state index contributed by atoms with van der Waals surface area (Å²) in [6.45, 7) is 8.40. The molecule has 1 saturated carbocycles. The average molecular weight is 199 g/mol. The van der Waals surface area contributed by atoms with Crippen LogP contribution in [0.3, 0.4) is 0 Å². The zero-order valence-corrected chi connectivity index (χ0v) is 9.92. The Hall–Kier alpha value is -0.0800. The first-order chi connectivity index (χ1) is 6.65.